The van der Waals surface area contributed by atoms with Crippen molar-refractivity contribution in [2.45, 2.75) is 32.7 Å². The van der Waals surface area contributed by atoms with Gasteiger partial charge in [-0.25, -0.2) is 0 Å². The smallest absolute Gasteiger partial charge is 0.228 e. The normalized spacial score (nSPS) is 19.1. The Bertz CT molecular complexity index is 509. The van der Waals surface area contributed by atoms with Crippen LogP contribution in [0.2, 0.25) is 0 Å². The number of carbonyl (C=O) groups is 2. The van der Waals surface area contributed by atoms with Gasteiger partial charge < -0.3 is 10.2 Å². The van der Waals surface area contributed by atoms with Crippen LogP contribution < -0.4 is 10.2 Å². The molecular weight excluding hydrogens is 240 g/mol. The van der Waals surface area contributed by atoms with Crippen molar-refractivity contribution in [1.82, 2.24) is 5.32 Å². The van der Waals surface area contributed by atoms with E-state index in [4.69, 9.17) is 0 Å². The monoisotopic (exact) mass is 260 g/mol. The van der Waals surface area contributed by atoms with Crippen molar-refractivity contribution in [2.24, 2.45) is 0 Å². The zero-order valence-electron chi connectivity index (χ0n) is 11.7. The van der Waals surface area contributed by atoms with Crippen molar-refractivity contribution in [2.75, 3.05) is 18.0 Å². The molecule has 2 rings (SSSR count). The van der Waals surface area contributed by atoms with Crippen LogP contribution >= 0.6 is 0 Å². The quantitative estimate of drug-likeness (QED) is 0.827. The number of benzene rings is 1. The molecule has 0 aromatic heterocycles. The zero-order valence-corrected chi connectivity index (χ0v) is 11.7. The molecule has 1 saturated heterocycles. The van der Waals surface area contributed by atoms with Crippen molar-refractivity contribution in [3.63, 3.8) is 0 Å². The van der Waals surface area contributed by atoms with Crippen molar-refractivity contribution >= 4 is 17.4 Å². The maximum absolute atomic E-state index is 12.2. The molecule has 1 fully saturated rings. The molecule has 102 valence electrons. The van der Waals surface area contributed by atoms with E-state index in [9.17, 15) is 9.59 Å². The van der Waals surface area contributed by atoms with Crippen molar-refractivity contribution in [1.29, 1.82) is 0 Å². The first-order valence-corrected chi connectivity index (χ1v) is 6.55. The van der Waals surface area contributed by atoms with Gasteiger partial charge >= 0.3 is 0 Å². The highest BCUT2D eigenvalue weighted by molar-refractivity contribution is 5.98. The summed E-state index contributed by atoms with van der Waals surface area (Å²) in [4.78, 5) is 25.4. The fourth-order valence-corrected chi connectivity index (χ4v) is 2.31. The maximum atomic E-state index is 12.2. The van der Waals surface area contributed by atoms with E-state index in [0.29, 0.717) is 25.1 Å². The minimum atomic E-state index is -0.127. The Morgan fingerprint density at radius 3 is 2.79 bits per heavy atom. The average Bonchev–Trinajstić information content (AvgIpc) is 2.48. The average molecular weight is 260 g/mol. The van der Waals surface area contributed by atoms with Crippen LogP contribution in [-0.4, -0.2) is 30.3 Å². The Hall–Kier alpha value is -1.68. The van der Waals surface area contributed by atoms with E-state index in [1.54, 1.807) is 17.0 Å². The van der Waals surface area contributed by atoms with Crippen LogP contribution in [0.4, 0.5) is 5.69 Å². The SMILES string of the molecule is CC(=O)c1cccc(N2CC(C)(C)NCCC2=O)c1. The molecule has 0 aliphatic carbocycles. The van der Waals surface area contributed by atoms with E-state index in [1.165, 1.54) is 6.92 Å². The van der Waals surface area contributed by atoms with Gasteiger partial charge in [-0.3, -0.25) is 9.59 Å². The third kappa shape index (κ3) is 3.20. The van der Waals surface area contributed by atoms with Crippen LogP contribution in [0.15, 0.2) is 24.3 Å². The van der Waals surface area contributed by atoms with Gasteiger partial charge in [0.1, 0.15) is 0 Å². The Balaban J connectivity index is 2.34. The molecule has 0 unspecified atom stereocenters. The number of hydrogen-bond donors (Lipinski definition) is 1. The van der Waals surface area contributed by atoms with Gasteiger partial charge in [-0.1, -0.05) is 12.1 Å². The summed E-state index contributed by atoms with van der Waals surface area (Å²) >= 11 is 0. The molecule has 1 heterocycles. The van der Waals surface area contributed by atoms with Crippen LogP contribution in [0.1, 0.15) is 37.6 Å². The van der Waals surface area contributed by atoms with Crippen molar-refractivity contribution < 1.29 is 9.59 Å². The molecule has 1 amide bonds. The van der Waals surface area contributed by atoms with Crippen LogP contribution in [-0.2, 0) is 4.79 Å². The first-order valence-electron chi connectivity index (χ1n) is 6.55. The molecule has 1 aromatic rings. The van der Waals surface area contributed by atoms with E-state index < -0.39 is 0 Å². The number of rotatable bonds is 2. The highest BCUT2D eigenvalue weighted by Crippen LogP contribution is 2.22. The minimum Gasteiger partial charge on any atom is -0.311 e. The number of Topliss-reactive ketones (excluding diaryl/α,β-unsaturated/α-hetero) is 1. The van der Waals surface area contributed by atoms with E-state index in [2.05, 4.69) is 19.2 Å². The predicted octanol–water partition coefficient (Wildman–Crippen LogP) is 1.99. The summed E-state index contributed by atoms with van der Waals surface area (Å²) in [5, 5.41) is 3.36. The fourth-order valence-electron chi connectivity index (χ4n) is 2.31. The van der Waals surface area contributed by atoms with Gasteiger partial charge in [0.2, 0.25) is 5.91 Å². The summed E-state index contributed by atoms with van der Waals surface area (Å²) in [5.74, 6) is 0.111. The Kier molecular flexibility index (Phi) is 3.71. The van der Waals surface area contributed by atoms with Crippen molar-refractivity contribution in [3.05, 3.63) is 29.8 Å². The van der Waals surface area contributed by atoms with E-state index in [0.717, 1.165) is 5.69 Å². The standard InChI is InChI=1S/C15H20N2O2/c1-11(18)12-5-4-6-13(9-12)17-10-15(2,3)16-8-7-14(17)19/h4-6,9,16H,7-8,10H2,1-3H3. The molecule has 0 radical (unpaired) electrons. The molecule has 4 nitrogen and oxygen atoms in total. The summed E-state index contributed by atoms with van der Waals surface area (Å²) in [6.45, 7) is 6.98. The molecule has 1 aliphatic rings. The zero-order chi connectivity index (χ0) is 14.0. The molecule has 1 aliphatic heterocycles. The second kappa shape index (κ2) is 5.13. The van der Waals surface area contributed by atoms with E-state index in [-0.39, 0.29) is 17.2 Å². The van der Waals surface area contributed by atoms with E-state index >= 15 is 0 Å². The largest absolute Gasteiger partial charge is 0.311 e. The fraction of sp³-hybridized carbons (Fsp3) is 0.467. The number of hydrogen-bond acceptors (Lipinski definition) is 3. The number of ketones is 1. The van der Waals surface area contributed by atoms with E-state index in [1.807, 2.05) is 12.1 Å². The Labute approximate surface area is 113 Å². The predicted molar refractivity (Wildman–Crippen MR) is 75.5 cm³/mol. The molecule has 0 atom stereocenters. The highest BCUT2D eigenvalue weighted by atomic mass is 16.2. The highest BCUT2D eigenvalue weighted by Gasteiger charge is 2.29. The van der Waals surface area contributed by atoms with Crippen LogP contribution in [0.3, 0.4) is 0 Å². The summed E-state index contributed by atoms with van der Waals surface area (Å²) in [7, 11) is 0. The van der Waals surface area contributed by atoms with Gasteiger partial charge in [-0.05, 0) is 32.9 Å². The third-order valence-electron chi connectivity index (χ3n) is 3.36. The minimum absolute atomic E-state index is 0.0153. The van der Waals surface area contributed by atoms with Gasteiger partial charge in [0.05, 0.1) is 0 Å². The van der Waals surface area contributed by atoms with Gasteiger partial charge in [-0.2, -0.15) is 0 Å². The summed E-state index contributed by atoms with van der Waals surface area (Å²) in [6.07, 6.45) is 0.480. The first-order chi connectivity index (χ1) is 8.89. The molecule has 1 N–H and O–H groups in total. The van der Waals surface area contributed by atoms with Crippen molar-refractivity contribution in [3.8, 4) is 0 Å². The number of nitrogens with one attached hydrogen (secondary N) is 1. The maximum Gasteiger partial charge on any atom is 0.228 e. The van der Waals surface area contributed by atoms with Crippen LogP contribution in [0.25, 0.3) is 0 Å². The van der Waals surface area contributed by atoms with Gasteiger partial charge in [0, 0.05) is 36.3 Å². The summed E-state index contributed by atoms with van der Waals surface area (Å²) in [5.41, 5.74) is 1.31. The van der Waals surface area contributed by atoms with Crippen LogP contribution in [0, 0.1) is 0 Å². The van der Waals surface area contributed by atoms with Gasteiger partial charge in [0.15, 0.2) is 5.78 Å². The van der Waals surface area contributed by atoms with Crippen LogP contribution in [0.5, 0.6) is 0 Å². The van der Waals surface area contributed by atoms with Gasteiger partial charge in [-0.15, -0.1) is 0 Å². The molecule has 0 spiro atoms. The molecule has 0 saturated carbocycles. The lowest BCUT2D eigenvalue weighted by molar-refractivity contribution is -0.118. The lowest BCUT2D eigenvalue weighted by Crippen LogP contribution is -2.47. The topological polar surface area (TPSA) is 49.4 Å². The molecular formula is C15H20N2O2. The van der Waals surface area contributed by atoms with Gasteiger partial charge in [0.25, 0.3) is 0 Å². The first kappa shape index (κ1) is 13.7. The number of amides is 1. The second-order valence-corrected chi connectivity index (χ2v) is 5.65. The Morgan fingerprint density at radius 2 is 2.11 bits per heavy atom. The molecule has 1 aromatic carbocycles. The third-order valence-corrected chi connectivity index (χ3v) is 3.36. The molecule has 0 bridgehead atoms. The molecule has 19 heavy (non-hydrogen) atoms. The number of anilines is 1. The lowest BCUT2D eigenvalue weighted by atomic mass is 10.0. The number of nitrogens with zero attached hydrogens (tertiary/aromatic N) is 1. The number of carbonyl (C=O) groups excluding carboxylic acids is 2. The second-order valence-electron chi connectivity index (χ2n) is 5.65. The summed E-state index contributed by atoms with van der Waals surface area (Å²) in [6, 6.07) is 7.27. The summed E-state index contributed by atoms with van der Waals surface area (Å²) < 4.78 is 0. The lowest BCUT2D eigenvalue weighted by Gasteiger charge is -2.30. The Morgan fingerprint density at radius 1 is 1.37 bits per heavy atom. The molecule has 4 heteroatoms.